The van der Waals surface area contributed by atoms with Gasteiger partial charge in [-0.05, 0) is 19.7 Å². The van der Waals surface area contributed by atoms with Crippen LogP contribution < -0.4 is 14.2 Å². The summed E-state index contributed by atoms with van der Waals surface area (Å²) in [6.07, 6.45) is -1.71. The highest BCUT2D eigenvalue weighted by molar-refractivity contribution is 5.55. The van der Waals surface area contributed by atoms with E-state index in [1.807, 2.05) is 49.3 Å². The van der Waals surface area contributed by atoms with Gasteiger partial charge in [-0.15, -0.1) is 0 Å². The number of methoxy groups -OCH3 is 2. The predicted octanol–water partition coefficient (Wildman–Crippen LogP) is 1.38. The lowest BCUT2D eigenvalue weighted by Crippen LogP contribution is -2.44. The number of rotatable bonds is 5. The van der Waals surface area contributed by atoms with Crippen LogP contribution in [-0.4, -0.2) is 67.2 Å². The van der Waals surface area contributed by atoms with Crippen molar-refractivity contribution < 1.29 is 24.4 Å². The van der Waals surface area contributed by atoms with Crippen molar-refractivity contribution in [3.8, 4) is 17.5 Å². The first-order valence-corrected chi connectivity index (χ1v) is 9.32. The van der Waals surface area contributed by atoms with E-state index in [0.29, 0.717) is 23.7 Å². The fourth-order valence-electron chi connectivity index (χ4n) is 4.70. The van der Waals surface area contributed by atoms with Gasteiger partial charge in [-0.1, -0.05) is 30.3 Å². The Bertz CT molecular complexity index is 859. The Morgan fingerprint density at radius 2 is 1.89 bits per heavy atom. The summed E-state index contributed by atoms with van der Waals surface area (Å²) in [4.78, 5) is 6.31. The zero-order valence-electron chi connectivity index (χ0n) is 16.5. The molecule has 150 valence electrons. The maximum Gasteiger partial charge on any atom is 0.226 e. The molecule has 0 spiro atoms. The lowest BCUT2D eigenvalue weighted by atomic mass is 9.86. The van der Waals surface area contributed by atoms with Crippen molar-refractivity contribution in [3.63, 3.8) is 0 Å². The summed E-state index contributed by atoms with van der Waals surface area (Å²) in [5, 5.41) is 23.1. The Kier molecular flexibility index (Phi) is 4.69. The molecular weight excluding hydrogens is 360 g/mol. The first-order valence-electron chi connectivity index (χ1n) is 9.32. The van der Waals surface area contributed by atoms with Gasteiger partial charge >= 0.3 is 0 Å². The van der Waals surface area contributed by atoms with Gasteiger partial charge < -0.3 is 29.3 Å². The number of ether oxygens (including phenoxy) is 3. The second-order valence-corrected chi connectivity index (χ2v) is 7.72. The first kappa shape index (κ1) is 19.0. The molecule has 4 rings (SSSR count). The van der Waals surface area contributed by atoms with Crippen LogP contribution in [0.2, 0.25) is 0 Å². The third-order valence-corrected chi connectivity index (χ3v) is 5.82. The van der Waals surface area contributed by atoms with Gasteiger partial charge in [0.1, 0.15) is 11.9 Å². The van der Waals surface area contributed by atoms with Crippen LogP contribution in [-0.2, 0) is 5.60 Å². The average Bonchev–Trinajstić information content (AvgIpc) is 3.09. The Morgan fingerprint density at radius 3 is 2.50 bits per heavy atom. The van der Waals surface area contributed by atoms with Crippen LogP contribution in [0.5, 0.6) is 17.5 Å². The zero-order chi connectivity index (χ0) is 20.1. The third kappa shape index (κ3) is 2.65. The molecule has 5 atom stereocenters. The Morgan fingerprint density at radius 1 is 1.18 bits per heavy atom. The Labute approximate surface area is 164 Å². The fourth-order valence-corrected chi connectivity index (χ4v) is 4.70. The number of hydrogen-bond donors (Lipinski definition) is 2. The van der Waals surface area contributed by atoms with Crippen LogP contribution in [0, 0.1) is 5.92 Å². The predicted molar refractivity (Wildman–Crippen MR) is 103 cm³/mol. The molecule has 1 saturated carbocycles. The molecule has 0 amide bonds. The van der Waals surface area contributed by atoms with Crippen molar-refractivity contribution in [2.24, 2.45) is 5.92 Å². The fraction of sp³-hybridized carbons (Fsp3) is 0.476. The molecule has 28 heavy (non-hydrogen) atoms. The van der Waals surface area contributed by atoms with Gasteiger partial charge in [0, 0.05) is 24.4 Å². The van der Waals surface area contributed by atoms with Gasteiger partial charge in [-0.3, -0.25) is 0 Å². The topological polar surface area (TPSA) is 84.3 Å². The number of fused-ring (bicyclic) bond motifs is 3. The highest BCUT2D eigenvalue weighted by atomic mass is 16.5. The molecule has 2 N–H and O–H groups in total. The molecular formula is C21H26N2O5. The van der Waals surface area contributed by atoms with Crippen molar-refractivity contribution in [3.05, 3.63) is 47.5 Å². The molecule has 1 aliphatic heterocycles. The van der Waals surface area contributed by atoms with Crippen molar-refractivity contribution in [2.75, 3.05) is 34.9 Å². The molecule has 7 nitrogen and oxygen atoms in total. The summed E-state index contributed by atoms with van der Waals surface area (Å²) in [5.74, 6) is 0.532. The van der Waals surface area contributed by atoms with Gasteiger partial charge in [0.05, 0.1) is 25.9 Å². The van der Waals surface area contributed by atoms with Crippen molar-refractivity contribution >= 4 is 0 Å². The van der Waals surface area contributed by atoms with E-state index in [1.165, 1.54) is 14.2 Å². The monoisotopic (exact) mass is 386 g/mol. The van der Waals surface area contributed by atoms with Gasteiger partial charge in [-0.2, -0.15) is 4.98 Å². The molecule has 1 aromatic carbocycles. The van der Waals surface area contributed by atoms with Crippen LogP contribution in [0.4, 0.5) is 0 Å². The Balaban J connectivity index is 1.87. The number of aromatic nitrogens is 1. The van der Waals surface area contributed by atoms with E-state index in [4.69, 9.17) is 14.2 Å². The van der Waals surface area contributed by atoms with Gasteiger partial charge in [0.2, 0.25) is 11.8 Å². The quantitative estimate of drug-likeness (QED) is 0.803. The second-order valence-electron chi connectivity index (χ2n) is 7.72. The van der Waals surface area contributed by atoms with Crippen LogP contribution in [0.25, 0.3) is 0 Å². The third-order valence-electron chi connectivity index (χ3n) is 5.82. The number of aliphatic hydroxyl groups is 2. The maximum absolute atomic E-state index is 11.8. The minimum atomic E-state index is -1.62. The van der Waals surface area contributed by atoms with Gasteiger partial charge in [-0.25, -0.2) is 0 Å². The van der Waals surface area contributed by atoms with E-state index in [9.17, 15) is 10.2 Å². The van der Waals surface area contributed by atoms with Crippen molar-refractivity contribution in [1.82, 2.24) is 9.88 Å². The summed E-state index contributed by atoms with van der Waals surface area (Å²) in [6, 6.07) is 11.5. The Hall–Kier alpha value is -2.35. The largest absolute Gasteiger partial charge is 0.485 e. The number of hydrogen-bond acceptors (Lipinski definition) is 7. The van der Waals surface area contributed by atoms with Crippen molar-refractivity contribution in [1.29, 1.82) is 0 Å². The van der Waals surface area contributed by atoms with E-state index < -0.39 is 17.8 Å². The number of aliphatic hydroxyl groups excluding tert-OH is 1. The van der Waals surface area contributed by atoms with E-state index in [0.717, 1.165) is 5.56 Å². The SMILES string of the molecule is COc1cc2c(c(OC)n1)[C@@]1(O)C(O2)[C@H](c2ccccc2)[C@@H](CN(C)C)[C@H]1O. The van der Waals surface area contributed by atoms with Crippen LogP contribution in [0.15, 0.2) is 36.4 Å². The molecule has 0 saturated heterocycles. The smallest absolute Gasteiger partial charge is 0.226 e. The lowest BCUT2D eigenvalue weighted by molar-refractivity contribution is -0.101. The molecule has 1 unspecified atom stereocenters. The van der Waals surface area contributed by atoms with Gasteiger partial charge in [0.25, 0.3) is 0 Å². The molecule has 1 fully saturated rings. The minimum absolute atomic E-state index is 0.202. The molecule has 2 heterocycles. The van der Waals surface area contributed by atoms with Crippen molar-refractivity contribution in [2.45, 2.75) is 23.7 Å². The van der Waals surface area contributed by atoms with Crippen LogP contribution in [0.3, 0.4) is 0 Å². The summed E-state index contributed by atoms with van der Waals surface area (Å²) in [6.45, 7) is 0.601. The molecule has 7 heteroatoms. The maximum atomic E-state index is 11.8. The average molecular weight is 386 g/mol. The summed E-state index contributed by atoms with van der Waals surface area (Å²) in [5.41, 5.74) is -0.224. The van der Waals surface area contributed by atoms with Crippen LogP contribution >= 0.6 is 0 Å². The molecule has 2 aliphatic rings. The molecule has 0 radical (unpaired) electrons. The normalized spacial score (nSPS) is 30.7. The number of pyridine rings is 1. The highest BCUT2D eigenvalue weighted by Crippen LogP contribution is 2.60. The van der Waals surface area contributed by atoms with E-state index in [-0.39, 0.29) is 17.7 Å². The molecule has 1 aliphatic carbocycles. The summed E-state index contributed by atoms with van der Waals surface area (Å²) >= 11 is 0. The summed E-state index contributed by atoms with van der Waals surface area (Å²) < 4.78 is 16.9. The highest BCUT2D eigenvalue weighted by Gasteiger charge is 2.67. The van der Waals surface area contributed by atoms with Gasteiger partial charge in [0.15, 0.2) is 5.60 Å². The zero-order valence-corrected chi connectivity index (χ0v) is 16.5. The molecule has 2 aromatic rings. The van der Waals surface area contributed by atoms with Crippen LogP contribution in [0.1, 0.15) is 17.0 Å². The summed E-state index contributed by atoms with van der Waals surface area (Å²) in [7, 11) is 6.89. The van der Waals surface area contributed by atoms with E-state index in [2.05, 4.69) is 4.98 Å². The minimum Gasteiger partial charge on any atom is -0.485 e. The molecule has 1 aromatic heterocycles. The second kappa shape index (κ2) is 6.92. The molecule has 0 bridgehead atoms. The lowest BCUT2D eigenvalue weighted by Gasteiger charge is -2.29. The van der Waals surface area contributed by atoms with E-state index in [1.54, 1.807) is 6.07 Å². The first-order chi connectivity index (χ1) is 13.4. The number of benzene rings is 1. The number of nitrogens with zero attached hydrogens (tertiary/aromatic N) is 2. The van der Waals surface area contributed by atoms with E-state index >= 15 is 0 Å². The standard InChI is InChI=1S/C21H26N2O5/c1-23(2)11-13-16(12-8-6-5-7-9-12)19-21(25,18(13)24)17-14(28-19)10-15(26-3)22-20(17)27-4/h5-10,13,16,18-19,24-25H,11H2,1-4H3/t13-,16-,18-,19?,21+/m1/s1.